The van der Waals surface area contributed by atoms with Gasteiger partial charge in [0.15, 0.2) is 0 Å². The van der Waals surface area contributed by atoms with Crippen LogP contribution in [0.25, 0.3) is 11.0 Å². The van der Waals surface area contributed by atoms with Gasteiger partial charge in [-0.2, -0.15) is 0 Å². The van der Waals surface area contributed by atoms with Gasteiger partial charge in [0.25, 0.3) is 0 Å². The van der Waals surface area contributed by atoms with Crippen molar-refractivity contribution >= 4 is 17.0 Å². The lowest BCUT2D eigenvalue weighted by molar-refractivity contribution is 0.629. The van der Waals surface area contributed by atoms with Crippen LogP contribution in [-0.2, 0) is 0 Å². The first-order valence-corrected chi connectivity index (χ1v) is 5.18. The number of nitrogens with one attached hydrogen (secondary N) is 2. The average Bonchev–Trinajstić information content (AvgIpc) is 2.60. The topological polar surface area (TPSA) is 40.7 Å². The number of halogens is 1. The predicted molar refractivity (Wildman–Crippen MR) is 59.4 cm³/mol. The van der Waals surface area contributed by atoms with Gasteiger partial charge in [0.2, 0.25) is 5.95 Å². The summed E-state index contributed by atoms with van der Waals surface area (Å²) in [6.07, 6.45) is 2.24. The molecule has 2 aromatic rings. The fourth-order valence-electron chi connectivity index (χ4n) is 1.45. The van der Waals surface area contributed by atoms with E-state index in [1.54, 1.807) is 6.07 Å². The quantitative estimate of drug-likeness (QED) is 0.757. The summed E-state index contributed by atoms with van der Waals surface area (Å²) in [5, 5.41) is 3.17. The van der Waals surface area contributed by atoms with Gasteiger partial charge in [-0.15, -0.1) is 0 Å². The number of hydrogen-bond donors (Lipinski definition) is 2. The van der Waals surface area contributed by atoms with Gasteiger partial charge in [-0.3, -0.25) is 0 Å². The van der Waals surface area contributed by atoms with Gasteiger partial charge in [0.05, 0.1) is 11.0 Å². The number of imidazole rings is 1. The summed E-state index contributed by atoms with van der Waals surface area (Å²) >= 11 is 0. The van der Waals surface area contributed by atoms with E-state index in [1.807, 2.05) is 0 Å². The van der Waals surface area contributed by atoms with Crippen LogP contribution < -0.4 is 5.32 Å². The van der Waals surface area contributed by atoms with Crippen LogP contribution in [0.2, 0.25) is 0 Å². The van der Waals surface area contributed by atoms with Crippen LogP contribution in [0.1, 0.15) is 19.8 Å². The minimum absolute atomic E-state index is 0.244. The van der Waals surface area contributed by atoms with Crippen molar-refractivity contribution in [2.45, 2.75) is 19.8 Å². The number of fused-ring (bicyclic) bond motifs is 1. The number of rotatable bonds is 4. The highest BCUT2D eigenvalue weighted by atomic mass is 19.1. The summed E-state index contributed by atoms with van der Waals surface area (Å²) in [5.74, 6) is 0.468. The summed E-state index contributed by atoms with van der Waals surface area (Å²) < 4.78 is 12.9. The molecule has 0 aliphatic rings. The normalized spacial score (nSPS) is 10.8. The second kappa shape index (κ2) is 4.29. The number of anilines is 1. The van der Waals surface area contributed by atoms with E-state index >= 15 is 0 Å². The van der Waals surface area contributed by atoms with Gasteiger partial charge < -0.3 is 10.3 Å². The lowest BCUT2D eigenvalue weighted by atomic mass is 10.3. The van der Waals surface area contributed by atoms with Crippen LogP contribution in [0.15, 0.2) is 18.2 Å². The minimum Gasteiger partial charge on any atom is -0.356 e. The molecular formula is C11H14FN3. The van der Waals surface area contributed by atoms with Crippen LogP contribution in [0.5, 0.6) is 0 Å². The number of benzene rings is 1. The second-order valence-corrected chi connectivity index (χ2v) is 3.53. The molecule has 0 bridgehead atoms. The largest absolute Gasteiger partial charge is 0.356 e. The number of unbranched alkanes of at least 4 members (excludes halogenated alkanes) is 1. The van der Waals surface area contributed by atoms with Crippen molar-refractivity contribution in [3.63, 3.8) is 0 Å². The molecule has 0 amide bonds. The van der Waals surface area contributed by atoms with E-state index in [0.717, 1.165) is 30.4 Å². The smallest absolute Gasteiger partial charge is 0.201 e. The van der Waals surface area contributed by atoms with Gasteiger partial charge in [-0.25, -0.2) is 9.37 Å². The van der Waals surface area contributed by atoms with Crippen LogP contribution in [0, 0.1) is 5.82 Å². The van der Waals surface area contributed by atoms with Crippen molar-refractivity contribution < 1.29 is 4.39 Å². The lowest BCUT2D eigenvalue weighted by Gasteiger charge is -1.98. The third kappa shape index (κ3) is 2.26. The van der Waals surface area contributed by atoms with E-state index in [4.69, 9.17) is 0 Å². The Morgan fingerprint density at radius 1 is 1.47 bits per heavy atom. The SMILES string of the molecule is CCCCNc1nc2ccc(F)cc2[nH]1. The van der Waals surface area contributed by atoms with Gasteiger partial charge in [-0.05, 0) is 24.6 Å². The maximum Gasteiger partial charge on any atom is 0.201 e. The Labute approximate surface area is 87.7 Å². The van der Waals surface area contributed by atoms with Crippen molar-refractivity contribution in [2.24, 2.45) is 0 Å². The zero-order chi connectivity index (χ0) is 10.7. The summed E-state index contributed by atoms with van der Waals surface area (Å²) in [6.45, 7) is 3.02. The fraction of sp³-hybridized carbons (Fsp3) is 0.364. The Balaban J connectivity index is 2.16. The summed E-state index contributed by atoms with van der Waals surface area (Å²) in [7, 11) is 0. The third-order valence-electron chi connectivity index (χ3n) is 2.27. The van der Waals surface area contributed by atoms with Gasteiger partial charge in [-0.1, -0.05) is 13.3 Å². The molecule has 80 valence electrons. The Kier molecular flexibility index (Phi) is 2.85. The van der Waals surface area contributed by atoms with E-state index in [1.165, 1.54) is 12.1 Å². The maximum absolute atomic E-state index is 12.9. The van der Waals surface area contributed by atoms with E-state index < -0.39 is 0 Å². The molecule has 0 saturated heterocycles. The summed E-state index contributed by atoms with van der Waals surface area (Å²) in [4.78, 5) is 7.33. The molecule has 0 saturated carbocycles. The van der Waals surface area contributed by atoms with E-state index in [9.17, 15) is 4.39 Å². The highest BCUT2D eigenvalue weighted by Crippen LogP contribution is 2.15. The summed E-state index contributed by atoms with van der Waals surface area (Å²) in [6, 6.07) is 4.54. The molecule has 2 rings (SSSR count). The van der Waals surface area contributed by atoms with Crippen LogP contribution in [0.3, 0.4) is 0 Å². The first kappa shape index (κ1) is 9.96. The zero-order valence-electron chi connectivity index (χ0n) is 8.68. The maximum atomic E-state index is 12.9. The first-order chi connectivity index (χ1) is 7.29. The number of H-pyrrole nitrogens is 1. The van der Waals surface area contributed by atoms with Crippen LogP contribution in [-0.4, -0.2) is 16.5 Å². The van der Waals surface area contributed by atoms with Crippen LogP contribution >= 0.6 is 0 Å². The number of nitrogens with zero attached hydrogens (tertiary/aromatic N) is 1. The molecule has 1 aromatic heterocycles. The molecule has 0 atom stereocenters. The molecule has 2 N–H and O–H groups in total. The van der Waals surface area contributed by atoms with Gasteiger partial charge in [0, 0.05) is 6.54 Å². The van der Waals surface area contributed by atoms with Crippen molar-refractivity contribution in [2.75, 3.05) is 11.9 Å². The Morgan fingerprint density at radius 3 is 3.13 bits per heavy atom. The molecule has 0 fully saturated rings. The Morgan fingerprint density at radius 2 is 2.33 bits per heavy atom. The molecule has 1 heterocycles. The minimum atomic E-state index is -0.244. The third-order valence-corrected chi connectivity index (χ3v) is 2.27. The van der Waals surface area contributed by atoms with E-state index in [2.05, 4.69) is 22.2 Å². The van der Waals surface area contributed by atoms with Crippen LogP contribution in [0.4, 0.5) is 10.3 Å². The average molecular weight is 207 g/mol. The van der Waals surface area contributed by atoms with Crippen molar-refractivity contribution in [1.82, 2.24) is 9.97 Å². The molecule has 1 aromatic carbocycles. The van der Waals surface area contributed by atoms with E-state index in [-0.39, 0.29) is 5.82 Å². The molecule has 0 aliphatic heterocycles. The first-order valence-electron chi connectivity index (χ1n) is 5.18. The van der Waals surface area contributed by atoms with Gasteiger partial charge in [0.1, 0.15) is 5.82 Å². The standard InChI is InChI=1S/C11H14FN3/c1-2-3-6-13-11-14-9-5-4-8(12)7-10(9)15-11/h4-5,7H,2-3,6H2,1H3,(H2,13,14,15). The van der Waals surface area contributed by atoms with E-state index in [0.29, 0.717) is 5.95 Å². The fourth-order valence-corrected chi connectivity index (χ4v) is 1.45. The molecule has 0 spiro atoms. The lowest BCUT2D eigenvalue weighted by Crippen LogP contribution is -2.01. The highest BCUT2D eigenvalue weighted by Gasteiger charge is 2.02. The molecule has 4 heteroatoms. The molecule has 15 heavy (non-hydrogen) atoms. The van der Waals surface area contributed by atoms with Crippen molar-refractivity contribution in [3.8, 4) is 0 Å². The summed E-state index contributed by atoms with van der Waals surface area (Å²) in [5.41, 5.74) is 1.52. The second-order valence-electron chi connectivity index (χ2n) is 3.53. The molecule has 0 unspecified atom stereocenters. The molecule has 0 aliphatic carbocycles. The highest BCUT2D eigenvalue weighted by molar-refractivity contribution is 5.77. The molecule has 3 nitrogen and oxygen atoms in total. The zero-order valence-corrected chi connectivity index (χ0v) is 8.68. The number of aromatic nitrogens is 2. The van der Waals surface area contributed by atoms with Crippen molar-refractivity contribution in [3.05, 3.63) is 24.0 Å². The number of hydrogen-bond acceptors (Lipinski definition) is 2. The van der Waals surface area contributed by atoms with Gasteiger partial charge >= 0.3 is 0 Å². The Bertz CT molecular complexity index is 450. The molecule has 0 radical (unpaired) electrons. The number of aromatic amines is 1. The Hall–Kier alpha value is -1.58. The predicted octanol–water partition coefficient (Wildman–Crippen LogP) is 2.91. The van der Waals surface area contributed by atoms with Crippen molar-refractivity contribution in [1.29, 1.82) is 0 Å². The molecular weight excluding hydrogens is 193 g/mol. The monoisotopic (exact) mass is 207 g/mol.